The molecule has 0 bridgehead atoms. The van der Waals surface area contributed by atoms with E-state index >= 15 is 0 Å². The van der Waals surface area contributed by atoms with Crippen molar-refractivity contribution in [2.45, 2.75) is 49.8 Å². The number of rotatable bonds is 8. The molecular weight excluding hydrogens is 444 g/mol. The standard InChI is InChI=1S/C27H32N4O2S/c1-18-17-22(31(3)21-11-9-20(10-12-21)19-7-5-4-6-8-19)13-14-23(18)29-25-16-15-24(34-28-2)26(30-25)27(32)33/h9-17,19,28H,4-8H2,1-3H3,(H,29,30)(H,32,33). The highest BCUT2D eigenvalue weighted by molar-refractivity contribution is 7.97. The molecule has 1 aliphatic rings. The summed E-state index contributed by atoms with van der Waals surface area (Å²) in [6, 6.07) is 18.7. The van der Waals surface area contributed by atoms with Crippen LogP contribution in [0, 0.1) is 6.92 Å². The van der Waals surface area contributed by atoms with Crippen molar-refractivity contribution < 1.29 is 9.90 Å². The van der Waals surface area contributed by atoms with E-state index in [1.807, 2.05) is 13.0 Å². The number of benzene rings is 2. The van der Waals surface area contributed by atoms with Gasteiger partial charge in [0.15, 0.2) is 5.69 Å². The molecule has 1 heterocycles. The first-order chi connectivity index (χ1) is 16.5. The zero-order chi connectivity index (χ0) is 24.1. The maximum absolute atomic E-state index is 11.6. The molecule has 1 fully saturated rings. The van der Waals surface area contributed by atoms with Crippen LogP contribution in [0.2, 0.25) is 0 Å². The van der Waals surface area contributed by atoms with Gasteiger partial charge in [-0.05, 0) is 98.3 Å². The van der Waals surface area contributed by atoms with Crippen molar-refractivity contribution in [3.05, 3.63) is 71.4 Å². The summed E-state index contributed by atoms with van der Waals surface area (Å²) in [5, 5.41) is 12.8. The zero-order valence-electron chi connectivity index (χ0n) is 20.0. The van der Waals surface area contributed by atoms with Gasteiger partial charge in [-0.1, -0.05) is 31.4 Å². The summed E-state index contributed by atoms with van der Waals surface area (Å²) < 4.78 is 2.90. The van der Waals surface area contributed by atoms with E-state index in [2.05, 4.69) is 63.4 Å². The molecule has 0 amide bonds. The van der Waals surface area contributed by atoms with Crippen LogP contribution in [0.5, 0.6) is 0 Å². The maximum atomic E-state index is 11.6. The molecule has 1 saturated carbocycles. The van der Waals surface area contributed by atoms with Gasteiger partial charge >= 0.3 is 5.97 Å². The van der Waals surface area contributed by atoms with Gasteiger partial charge in [0.25, 0.3) is 0 Å². The first-order valence-corrected chi connectivity index (χ1v) is 12.6. The maximum Gasteiger partial charge on any atom is 0.355 e. The summed E-state index contributed by atoms with van der Waals surface area (Å²) in [5.41, 5.74) is 5.67. The molecule has 7 heteroatoms. The minimum absolute atomic E-state index is 0.0232. The van der Waals surface area contributed by atoms with Crippen LogP contribution in [-0.2, 0) is 0 Å². The monoisotopic (exact) mass is 476 g/mol. The van der Waals surface area contributed by atoms with Crippen molar-refractivity contribution >= 4 is 40.8 Å². The molecule has 0 spiro atoms. The van der Waals surface area contributed by atoms with E-state index in [1.54, 1.807) is 19.2 Å². The minimum atomic E-state index is -1.05. The highest BCUT2D eigenvalue weighted by Gasteiger charge is 2.16. The smallest absolute Gasteiger partial charge is 0.355 e. The van der Waals surface area contributed by atoms with Crippen molar-refractivity contribution in [2.75, 3.05) is 24.3 Å². The van der Waals surface area contributed by atoms with Gasteiger partial charge in [0.2, 0.25) is 0 Å². The van der Waals surface area contributed by atoms with Crippen LogP contribution in [0.4, 0.5) is 22.9 Å². The molecule has 6 nitrogen and oxygen atoms in total. The van der Waals surface area contributed by atoms with Gasteiger partial charge in [0, 0.05) is 24.1 Å². The number of pyridine rings is 1. The van der Waals surface area contributed by atoms with Gasteiger partial charge in [-0.25, -0.2) is 9.78 Å². The third kappa shape index (κ3) is 5.54. The van der Waals surface area contributed by atoms with Gasteiger partial charge in [-0.3, -0.25) is 4.72 Å². The SMILES string of the molecule is CNSc1ccc(Nc2ccc(N(C)c3ccc(C4CCCCC4)cc3)cc2C)nc1C(=O)O. The Bertz CT molecular complexity index is 1140. The van der Waals surface area contributed by atoms with Crippen molar-refractivity contribution in [1.29, 1.82) is 0 Å². The first-order valence-electron chi connectivity index (χ1n) is 11.8. The molecular formula is C27H32N4O2S. The highest BCUT2D eigenvalue weighted by Crippen LogP contribution is 2.35. The number of hydrogen-bond acceptors (Lipinski definition) is 6. The van der Waals surface area contributed by atoms with Gasteiger partial charge < -0.3 is 15.3 Å². The molecule has 0 atom stereocenters. The Morgan fingerprint density at radius 3 is 2.38 bits per heavy atom. The fraction of sp³-hybridized carbons (Fsp3) is 0.333. The lowest BCUT2D eigenvalue weighted by molar-refractivity contribution is 0.0686. The van der Waals surface area contributed by atoms with Crippen molar-refractivity contribution in [3.63, 3.8) is 0 Å². The summed E-state index contributed by atoms with van der Waals surface area (Å²) in [6.07, 6.45) is 6.68. The summed E-state index contributed by atoms with van der Waals surface area (Å²) in [5.74, 6) is 0.159. The number of nitrogens with one attached hydrogen (secondary N) is 2. The van der Waals surface area contributed by atoms with Gasteiger partial charge in [0.1, 0.15) is 5.82 Å². The van der Waals surface area contributed by atoms with E-state index < -0.39 is 5.97 Å². The van der Waals surface area contributed by atoms with Crippen molar-refractivity contribution in [2.24, 2.45) is 0 Å². The molecule has 2 aromatic carbocycles. The number of carboxylic acid groups (broad SMARTS) is 1. The lowest BCUT2D eigenvalue weighted by Gasteiger charge is -2.24. The molecule has 34 heavy (non-hydrogen) atoms. The number of hydrogen-bond donors (Lipinski definition) is 3. The number of carboxylic acids is 1. The second-order valence-electron chi connectivity index (χ2n) is 8.76. The Kier molecular flexibility index (Phi) is 7.75. The topological polar surface area (TPSA) is 77.5 Å². The number of nitrogens with zero attached hydrogens (tertiary/aromatic N) is 2. The minimum Gasteiger partial charge on any atom is -0.476 e. The fourth-order valence-electron chi connectivity index (χ4n) is 4.55. The number of aromatic carboxylic acids is 1. The average molecular weight is 477 g/mol. The molecule has 0 saturated heterocycles. The van der Waals surface area contributed by atoms with E-state index in [0.29, 0.717) is 16.6 Å². The van der Waals surface area contributed by atoms with E-state index in [-0.39, 0.29) is 5.69 Å². The lowest BCUT2D eigenvalue weighted by Crippen LogP contribution is -2.11. The Labute approximate surface area is 205 Å². The van der Waals surface area contributed by atoms with Gasteiger partial charge in [-0.2, -0.15) is 0 Å². The van der Waals surface area contributed by atoms with Crippen LogP contribution < -0.4 is 14.9 Å². The quantitative estimate of drug-likeness (QED) is 0.306. The van der Waals surface area contributed by atoms with Crippen LogP contribution in [0.25, 0.3) is 0 Å². The number of aryl methyl sites for hydroxylation is 1. The number of aromatic nitrogens is 1. The van der Waals surface area contributed by atoms with Crippen LogP contribution in [-0.4, -0.2) is 30.2 Å². The second-order valence-corrected chi connectivity index (χ2v) is 9.82. The number of anilines is 4. The predicted octanol–water partition coefficient (Wildman–Crippen LogP) is 6.87. The highest BCUT2D eigenvalue weighted by atomic mass is 32.2. The van der Waals surface area contributed by atoms with Gasteiger partial charge in [0.05, 0.1) is 4.90 Å². The van der Waals surface area contributed by atoms with Crippen LogP contribution >= 0.6 is 11.9 Å². The molecule has 1 aromatic heterocycles. The van der Waals surface area contributed by atoms with Gasteiger partial charge in [-0.15, -0.1) is 0 Å². The first kappa shape index (κ1) is 24.1. The normalized spacial score (nSPS) is 14.1. The molecule has 3 aromatic rings. The van der Waals surface area contributed by atoms with Crippen molar-refractivity contribution in [1.82, 2.24) is 9.71 Å². The Hall–Kier alpha value is -3.03. The molecule has 4 rings (SSSR count). The molecule has 3 N–H and O–H groups in total. The van der Waals surface area contributed by atoms with Crippen LogP contribution in [0.1, 0.15) is 59.6 Å². The Morgan fingerprint density at radius 1 is 1.03 bits per heavy atom. The Balaban J connectivity index is 1.48. The lowest BCUT2D eigenvalue weighted by atomic mass is 9.84. The third-order valence-electron chi connectivity index (χ3n) is 6.49. The predicted molar refractivity (Wildman–Crippen MR) is 141 cm³/mol. The third-order valence-corrected chi connectivity index (χ3v) is 7.24. The molecule has 0 unspecified atom stereocenters. The largest absolute Gasteiger partial charge is 0.476 e. The van der Waals surface area contributed by atoms with E-state index in [0.717, 1.165) is 22.6 Å². The molecule has 178 valence electrons. The summed E-state index contributed by atoms with van der Waals surface area (Å²) in [4.78, 5) is 18.7. The zero-order valence-corrected chi connectivity index (χ0v) is 20.8. The van der Waals surface area contributed by atoms with E-state index in [9.17, 15) is 9.90 Å². The molecule has 1 aliphatic carbocycles. The summed E-state index contributed by atoms with van der Waals surface area (Å²) in [6.45, 7) is 2.04. The van der Waals surface area contributed by atoms with Crippen molar-refractivity contribution in [3.8, 4) is 0 Å². The summed E-state index contributed by atoms with van der Waals surface area (Å²) >= 11 is 1.23. The molecule has 0 aliphatic heterocycles. The van der Waals surface area contributed by atoms with E-state index in [1.165, 1.54) is 49.6 Å². The second kappa shape index (κ2) is 10.9. The van der Waals surface area contributed by atoms with Crippen LogP contribution in [0.15, 0.2) is 59.5 Å². The van der Waals surface area contributed by atoms with E-state index in [4.69, 9.17) is 0 Å². The fourth-order valence-corrected chi connectivity index (χ4v) is 5.14. The Morgan fingerprint density at radius 2 is 1.74 bits per heavy atom. The average Bonchev–Trinajstić information content (AvgIpc) is 2.86. The van der Waals surface area contributed by atoms with Crippen LogP contribution in [0.3, 0.4) is 0 Å². The summed E-state index contributed by atoms with van der Waals surface area (Å²) in [7, 11) is 3.83. The molecule has 0 radical (unpaired) electrons. The number of carbonyl (C=O) groups is 1.